The number of hydrogen-bond acceptors (Lipinski definition) is 3. The number of rotatable bonds is 2. The predicted octanol–water partition coefficient (Wildman–Crippen LogP) is 1.91. The van der Waals surface area contributed by atoms with Crippen LogP contribution in [0.25, 0.3) is 0 Å². The first kappa shape index (κ1) is 11.7. The summed E-state index contributed by atoms with van der Waals surface area (Å²) in [5, 5.41) is 11.4. The topological polar surface area (TPSA) is 61.8 Å². The number of halogens is 1. The highest BCUT2D eigenvalue weighted by atomic mass is 19.1. The summed E-state index contributed by atoms with van der Waals surface area (Å²) in [7, 11) is 0. The predicted molar refractivity (Wildman–Crippen MR) is 65.0 cm³/mol. The molecule has 1 fully saturated rings. The maximum Gasteiger partial charge on any atom is 0.170 e. The first-order chi connectivity index (χ1) is 8.13. The second kappa shape index (κ2) is 4.61. The summed E-state index contributed by atoms with van der Waals surface area (Å²) in [5.74, 6) is -0.409. The van der Waals surface area contributed by atoms with Gasteiger partial charge in [-0.15, -0.1) is 0 Å². The van der Waals surface area contributed by atoms with Crippen molar-refractivity contribution in [2.45, 2.75) is 25.8 Å². The lowest BCUT2D eigenvalue weighted by atomic mass is 10.1. The van der Waals surface area contributed by atoms with Crippen molar-refractivity contribution in [1.29, 1.82) is 0 Å². The Morgan fingerprint density at radius 3 is 2.88 bits per heavy atom. The Bertz CT molecular complexity index is 447. The molecule has 0 spiro atoms. The standard InChI is InChI=1S/C12H16FN3O/c1-8-3-2-6-16(8)11-5-4-9(7-10(11)13)12(14)15-17/h4-5,7-8,17H,2-3,6H2,1H3,(H2,14,15). The zero-order chi connectivity index (χ0) is 12.4. The molecule has 1 saturated heterocycles. The SMILES string of the molecule is CC1CCCN1c1ccc(/C(N)=N/O)cc1F. The van der Waals surface area contributed by atoms with Crippen molar-refractivity contribution in [1.82, 2.24) is 0 Å². The van der Waals surface area contributed by atoms with Crippen molar-refractivity contribution in [3.05, 3.63) is 29.6 Å². The summed E-state index contributed by atoms with van der Waals surface area (Å²) in [4.78, 5) is 2.05. The molecular weight excluding hydrogens is 221 g/mol. The van der Waals surface area contributed by atoms with Crippen molar-refractivity contribution in [2.24, 2.45) is 10.9 Å². The molecule has 0 bridgehead atoms. The molecule has 5 heteroatoms. The second-order valence-corrected chi connectivity index (χ2v) is 4.34. The third-order valence-corrected chi connectivity index (χ3v) is 3.21. The molecular formula is C12H16FN3O. The van der Waals surface area contributed by atoms with Gasteiger partial charge in [-0.05, 0) is 38.0 Å². The number of anilines is 1. The molecule has 1 unspecified atom stereocenters. The number of oxime groups is 1. The highest BCUT2D eigenvalue weighted by Crippen LogP contribution is 2.28. The van der Waals surface area contributed by atoms with Gasteiger partial charge in [0.2, 0.25) is 0 Å². The normalized spacial score (nSPS) is 20.9. The van der Waals surface area contributed by atoms with E-state index >= 15 is 0 Å². The number of nitrogens with two attached hydrogens (primary N) is 1. The van der Waals surface area contributed by atoms with Crippen LogP contribution in [0.15, 0.2) is 23.4 Å². The van der Waals surface area contributed by atoms with Gasteiger partial charge >= 0.3 is 0 Å². The van der Waals surface area contributed by atoms with Crippen LogP contribution < -0.4 is 10.6 Å². The minimum Gasteiger partial charge on any atom is -0.409 e. The second-order valence-electron chi connectivity index (χ2n) is 4.34. The zero-order valence-electron chi connectivity index (χ0n) is 9.73. The molecule has 0 aliphatic carbocycles. The van der Waals surface area contributed by atoms with Crippen LogP contribution in [0.3, 0.4) is 0 Å². The lowest BCUT2D eigenvalue weighted by Gasteiger charge is -2.24. The highest BCUT2D eigenvalue weighted by molar-refractivity contribution is 5.97. The maximum atomic E-state index is 13.9. The Labute approximate surface area is 99.5 Å². The van der Waals surface area contributed by atoms with E-state index in [0.717, 1.165) is 19.4 Å². The van der Waals surface area contributed by atoms with Crippen LogP contribution in [0.1, 0.15) is 25.3 Å². The average Bonchev–Trinajstić information content (AvgIpc) is 2.74. The van der Waals surface area contributed by atoms with Crippen LogP contribution in [0.4, 0.5) is 10.1 Å². The molecule has 92 valence electrons. The fourth-order valence-electron chi connectivity index (χ4n) is 2.25. The molecule has 1 atom stereocenters. The smallest absolute Gasteiger partial charge is 0.170 e. The summed E-state index contributed by atoms with van der Waals surface area (Å²) in [6, 6.07) is 5.01. The molecule has 1 aromatic carbocycles. The zero-order valence-corrected chi connectivity index (χ0v) is 9.73. The molecule has 1 heterocycles. The molecule has 17 heavy (non-hydrogen) atoms. The van der Waals surface area contributed by atoms with Crippen molar-refractivity contribution in [2.75, 3.05) is 11.4 Å². The van der Waals surface area contributed by atoms with E-state index in [4.69, 9.17) is 10.9 Å². The molecule has 1 aliphatic heterocycles. The van der Waals surface area contributed by atoms with Crippen molar-refractivity contribution >= 4 is 11.5 Å². The largest absolute Gasteiger partial charge is 0.409 e. The molecule has 3 N–H and O–H groups in total. The number of hydrogen-bond donors (Lipinski definition) is 2. The first-order valence-corrected chi connectivity index (χ1v) is 5.67. The van der Waals surface area contributed by atoms with Gasteiger partial charge in [-0.3, -0.25) is 0 Å². The van der Waals surface area contributed by atoms with E-state index in [1.54, 1.807) is 12.1 Å². The molecule has 0 amide bonds. The van der Waals surface area contributed by atoms with E-state index in [-0.39, 0.29) is 11.7 Å². The average molecular weight is 237 g/mol. The third kappa shape index (κ3) is 2.18. The number of benzene rings is 1. The number of nitrogens with zero attached hydrogens (tertiary/aromatic N) is 2. The highest BCUT2D eigenvalue weighted by Gasteiger charge is 2.23. The van der Waals surface area contributed by atoms with Gasteiger partial charge in [-0.25, -0.2) is 4.39 Å². The van der Waals surface area contributed by atoms with Gasteiger partial charge in [-0.2, -0.15) is 0 Å². The molecule has 2 rings (SSSR count). The van der Waals surface area contributed by atoms with E-state index in [0.29, 0.717) is 17.3 Å². The van der Waals surface area contributed by atoms with Crippen LogP contribution in [0.5, 0.6) is 0 Å². The molecule has 0 saturated carbocycles. The Hall–Kier alpha value is -1.78. The summed E-state index contributed by atoms with van der Waals surface area (Å²) in [5.41, 5.74) is 6.39. The monoisotopic (exact) mass is 237 g/mol. The van der Waals surface area contributed by atoms with Crippen LogP contribution in [-0.4, -0.2) is 23.6 Å². The van der Waals surface area contributed by atoms with Gasteiger partial charge < -0.3 is 15.8 Å². The van der Waals surface area contributed by atoms with Gasteiger partial charge in [0.1, 0.15) is 5.82 Å². The fraction of sp³-hybridized carbons (Fsp3) is 0.417. The minimum atomic E-state index is -0.331. The minimum absolute atomic E-state index is 0.0788. The molecule has 4 nitrogen and oxygen atoms in total. The molecule has 1 aliphatic rings. The van der Waals surface area contributed by atoms with Gasteiger partial charge in [0.25, 0.3) is 0 Å². The van der Waals surface area contributed by atoms with E-state index in [9.17, 15) is 4.39 Å². The fourth-order valence-corrected chi connectivity index (χ4v) is 2.25. The Balaban J connectivity index is 2.31. The van der Waals surface area contributed by atoms with E-state index in [1.807, 2.05) is 4.90 Å². The van der Waals surface area contributed by atoms with E-state index in [1.165, 1.54) is 6.07 Å². The van der Waals surface area contributed by atoms with Gasteiger partial charge in [0.15, 0.2) is 5.84 Å². The Morgan fingerprint density at radius 1 is 1.59 bits per heavy atom. The molecule has 0 radical (unpaired) electrons. The lowest BCUT2D eigenvalue weighted by Crippen LogP contribution is -2.27. The van der Waals surface area contributed by atoms with Crippen LogP contribution in [0.2, 0.25) is 0 Å². The van der Waals surface area contributed by atoms with E-state index in [2.05, 4.69) is 12.1 Å². The summed E-state index contributed by atoms with van der Waals surface area (Å²) < 4.78 is 13.9. The van der Waals surface area contributed by atoms with Crippen molar-refractivity contribution in [3.8, 4) is 0 Å². The van der Waals surface area contributed by atoms with Crippen molar-refractivity contribution < 1.29 is 9.60 Å². The van der Waals surface area contributed by atoms with Gasteiger partial charge in [0.05, 0.1) is 5.69 Å². The van der Waals surface area contributed by atoms with Crippen LogP contribution in [-0.2, 0) is 0 Å². The van der Waals surface area contributed by atoms with Gasteiger partial charge in [0, 0.05) is 18.2 Å². The van der Waals surface area contributed by atoms with Crippen molar-refractivity contribution in [3.63, 3.8) is 0 Å². The summed E-state index contributed by atoms with van der Waals surface area (Å²) >= 11 is 0. The van der Waals surface area contributed by atoms with Gasteiger partial charge in [-0.1, -0.05) is 5.16 Å². The third-order valence-electron chi connectivity index (χ3n) is 3.21. The Kier molecular flexibility index (Phi) is 3.17. The van der Waals surface area contributed by atoms with Crippen LogP contribution in [0, 0.1) is 5.82 Å². The quantitative estimate of drug-likeness (QED) is 0.357. The molecule has 1 aromatic rings. The number of amidine groups is 1. The summed E-state index contributed by atoms with van der Waals surface area (Å²) in [6.07, 6.45) is 2.17. The van der Waals surface area contributed by atoms with E-state index < -0.39 is 0 Å². The summed E-state index contributed by atoms with van der Waals surface area (Å²) in [6.45, 7) is 2.96. The lowest BCUT2D eigenvalue weighted by molar-refractivity contribution is 0.318. The molecule has 0 aromatic heterocycles. The Morgan fingerprint density at radius 2 is 2.35 bits per heavy atom. The van der Waals surface area contributed by atoms with Crippen LogP contribution >= 0.6 is 0 Å². The maximum absolute atomic E-state index is 13.9. The first-order valence-electron chi connectivity index (χ1n) is 5.67.